The Morgan fingerprint density at radius 3 is 2.61 bits per heavy atom. The number of fused-ring (bicyclic) bond motifs is 1. The average molecular weight is 310 g/mol. The van der Waals surface area contributed by atoms with Crippen LogP contribution in [0.2, 0.25) is 0 Å². The lowest BCUT2D eigenvalue weighted by Crippen LogP contribution is -2.04. The highest BCUT2D eigenvalue weighted by Crippen LogP contribution is 2.33. The summed E-state index contributed by atoms with van der Waals surface area (Å²) in [5, 5.41) is 8.99. The minimum atomic E-state index is -0.803. The summed E-state index contributed by atoms with van der Waals surface area (Å²) in [6, 6.07) is 10.1. The number of hydrogen-bond acceptors (Lipinski definition) is 2. The lowest BCUT2D eigenvalue weighted by Gasteiger charge is -2.13. The highest BCUT2D eigenvalue weighted by atomic mass is 16.5. The van der Waals surface area contributed by atoms with Gasteiger partial charge in [0.25, 0.3) is 0 Å². The van der Waals surface area contributed by atoms with E-state index in [0.717, 1.165) is 35.3 Å². The van der Waals surface area contributed by atoms with Crippen molar-refractivity contribution in [2.75, 3.05) is 0 Å². The molecule has 0 saturated heterocycles. The predicted molar refractivity (Wildman–Crippen MR) is 90.1 cm³/mol. The van der Waals surface area contributed by atoms with Crippen LogP contribution in [-0.4, -0.2) is 11.1 Å². The third-order valence-electron chi connectivity index (χ3n) is 4.63. The molecule has 0 heterocycles. The Morgan fingerprint density at radius 1 is 1.09 bits per heavy atom. The lowest BCUT2D eigenvalue weighted by atomic mass is 10.0. The van der Waals surface area contributed by atoms with E-state index in [4.69, 9.17) is 9.84 Å². The topological polar surface area (TPSA) is 46.5 Å². The summed E-state index contributed by atoms with van der Waals surface area (Å²) in [5.74, 6) is 0.172. The fraction of sp³-hybridized carbons (Fsp3) is 0.350. The van der Waals surface area contributed by atoms with Crippen LogP contribution in [0.3, 0.4) is 0 Å². The third kappa shape index (κ3) is 3.39. The van der Waals surface area contributed by atoms with E-state index in [0.29, 0.717) is 6.61 Å². The molecule has 23 heavy (non-hydrogen) atoms. The van der Waals surface area contributed by atoms with Gasteiger partial charge in [-0.25, -0.2) is 0 Å². The summed E-state index contributed by atoms with van der Waals surface area (Å²) < 4.78 is 6.04. The Bertz CT molecular complexity index is 747. The first-order valence-electron chi connectivity index (χ1n) is 8.09. The second-order valence-corrected chi connectivity index (χ2v) is 6.31. The molecule has 3 rings (SSSR count). The normalized spacial score (nSPS) is 13.0. The smallest absolute Gasteiger partial charge is 0.307 e. The van der Waals surface area contributed by atoms with Crippen LogP contribution in [-0.2, 0) is 30.7 Å². The molecule has 0 saturated carbocycles. The van der Waals surface area contributed by atoms with Crippen molar-refractivity contribution >= 4 is 5.97 Å². The van der Waals surface area contributed by atoms with E-state index >= 15 is 0 Å². The standard InChI is InChI=1S/C20H22O3/c1-13-6-8-15(10-16(13)11-20(21)22)12-23-19-9-7-14(2)17-4-3-5-18(17)19/h6-10H,3-5,11-12H2,1-2H3,(H,21,22). The van der Waals surface area contributed by atoms with Crippen LogP contribution in [0.25, 0.3) is 0 Å². The summed E-state index contributed by atoms with van der Waals surface area (Å²) in [4.78, 5) is 10.9. The van der Waals surface area contributed by atoms with E-state index in [1.807, 2.05) is 25.1 Å². The number of benzene rings is 2. The Balaban J connectivity index is 1.77. The monoisotopic (exact) mass is 310 g/mol. The highest BCUT2D eigenvalue weighted by molar-refractivity contribution is 5.70. The summed E-state index contributed by atoms with van der Waals surface area (Å²) in [5.41, 5.74) is 7.02. The molecule has 0 amide bonds. The lowest BCUT2D eigenvalue weighted by molar-refractivity contribution is -0.136. The highest BCUT2D eigenvalue weighted by Gasteiger charge is 2.17. The fourth-order valence-electron chi connectivity index (χ4n) is 3.32. The number of carbonyl (C=O) groups is 1. The summed E-state index contributed by atoms with van der Waals surface area (Å²) in [6.45, 7) is 4.57. The van der Waals surface area contributed by atoms with Crippen LogP contribution >= 0.6 is 0 Å². The molecule has 0 fully saturated rings. The molecule has 0 radical (unpaired) electrons. The zero-order chi connectivity index (χ0) is 16.4. The average Bonchev–Trinajstić information content (AvgIpc) is 3.00. The number of aliphatic carboxylic acids is 1. The summed E-state index contributed by atoms with van der Waals surface area (Å²) in [6.07, 6.45) is 3.49. The minimum Gasteiger partial charge on any atom is -0.489 e. The van der Waals surface area contributed by atoms with Gasteiger partial charge in [0, 0.05) is 0 Å². The van der Waals surface area contributed by atoms with Gasteiger partial charge in [0.05, 0.1) is 6.42 Å². The van der Waals surface area contributed by atoms with Crippen LogP contribution in [0.5, 0.6) is 5.75 Å². The van der Waals surface area contributed by atoms with Crippen LogP contribution < -0.4 is 4.74 Å². The Labute approximate surface area is 136 Å². The summed E-state index contributed by atoms with van der Waals surface area (Å²) in [7, 11) is 0. The molecule has 120 valence electrons. The first-order valence-corrected chi connectivity index (χ1v) is 8.09. The molecule has 2 aromatic rings. The molecule has 1 N–H and O–H groups in total. The van der Waals surface area contributed by atoms with Gasteiger partial charge >= 0.3 is 5.97 Å². The van der Waals surface area contributed by atoms with Gasteiger partial charge in [0.1, 0.15) is 12.4 Å². The van der Waals surface area contributed by atoms with Gasteiger partial charge in [0.2, 0.25) is 0 Å². The van der Waals surface area contributed by atoms with E-state index < -0.39 is 5.97 Å². The van der Waals surface area contributed by atoms with Crippen molar-refractivity contribution in [3.8, 4) is 5.75 Å². The maximum atomic E-state index is 10.9. The first kappa shape index (κ1) is 15.6. The van der Waals surface area contributed by atoms with Crippen molar-refractivity contribution in [2.24, 2.45) is 0 Å². The van der Waals surface area contributed by atoms with Gasteiger partial charge in [-0.2, -0.15) is 0 Å². The Morgan fingerprint density at radius 2 is 1.83 bits per heavy atom. The molecule has 0 unspecified atom stereocenters. The fourth-order valence-corrected chi connectivity index (χ4v) is 3.32. The van der Waals surface area contributed by atoms with Crippen molar-refractivity contribution in [2.45, 2.75) is 46.1 Å². The van der Waals surface area contributed by atoms with Crippen molar-refractivity contribution in [3.63, 3.8) is 0 Å². The number of carboxylic acid groups (broad SMARTS) is 1. The van der Waals surface area contributed by atoms with Crippen molar-refractivity contribution in [3.05, 3.63) is 63.7 Å². The van der Waals surface area contributed by atoms with Crippen molar-refractivity contribution in [1.82, 2.24) is 0 Å². The minimum absolute atomic E-state index is 0.0552. The van der Waals surface area contributed by atoms with Crippen molar-refractivity contribution < 1.29 is 14.6 Å². The molecule has 0 aromatic heterocycles. The molecule has 3 nitrogen and oxygen atoms in total. The second kappa shape index (κ2) is 6.45. The molecule has 0 bridgehead atoms. The largest absolute Gasteiger partial charge is 0.489 e. The van der Waals surface area contributed by atoms with Crippen LogP contribution in [0.1, 0.15) is 39.8 Å². The zero-order valence-corrected chi connectivity index (χ0v) is 13.7. The quantitative estimate of drug-likeness (QED) is 0.908. The number of carboxylic acids is 1. The van der Waals surface area contributed by atoms with Gasteiger partial charge < -0.3 is 9.84 Å². The van der Waals surface area contributed by atoms with E-state index in [1.165, 1.54) is 23.1 Å². The van der Waals surface area contributed by atoms with Crippen LogP contribution in [0.4, 0.5) is 0 Å². The third-order valence-corrected chi connectivity index (χ3v) is 4.63. The Hall–Kier alpha value is -2.29. The summed E-state index contributed by atoms with van der Waals surface area (Å²) >= 11 is 0. The van der Waals surface area contributed by atoms with E-state index in [1.54, 1.807) is 0 Å². The Kier molecular flexibility index (Phi) is 4.37. The van der Waals surface area contributed by atoms with Crippen molar-refractivity contribution in [1.29, 1.82) is 0 Å². The maximum absolute atomic E-state index is 10.9. The van der Waals surface area contributed by atoms with Gasteiger partial charge in [-0.3, -0.25) is 4.79 Å². The van der Waals surface area contributed by atoms with Crippen LogP contribution in [0.15, 0.2) is 30.3 Å². The maximum Gasteiger partial charge on any atom is 0.307 e. The van der Waals surface area contributed by atoms with Gasteiger partial charge in [-0.1, -0.05) is 24.3 Å². The second-order valence-electron chi connectivity index (χ2n) is 6.31. The number of rotatable bonds is 5. The molecule has 1 aliphatic rings. The number of ether oxygens (including phenoxy) is 1. The van der Waals surface area contributed by atoms with Gasteiger partial charge in [-0.05, 0) is 72.6 Å². The molecule has 0 atom stereocenters. The molecular weight excluding hydrogens is 288 g/mol. The van der Waals surface area contributed by atoms with E-state index in [-0.39, 0.29) is 6.42 Å². The number of hydrogen-bond donors (Lipinski definition) is 1. The van der Waals surface area contributed by atoms with E-state index in [9.17, 15) is 4.79 Å². The first-order chi connectivity index (χ1) is 11.0. The molecule has 3 heteroatoms. The molecule has 2 aromatic carbocycles. The van der Waals surface area contributed by atoms with Gasteiger partial charge in [0.15, 0.2) is 0 Å². The molecule has 0 spiro atoms. The number of aryl methyl sites for hydroxylation is 2. The molecule has 0 aliphatic heterocycles. The van der Waals surface area contributed by atoms with Crippen LogP contribution in [0, 0.1) is 13.8 Å². The van der Waals surface area contributed by atoms with Gasteiger partial charge in [-0.15, -0.1) is 0 Å². The molecular formula is C20H22O3. The predicted octanol–water partition coefficient (Wildman–Crippen LogP) is 4.00. The molecule has 1 aliphatic carbocycles. The van der Waals surface area contributed by atoms with E-state index in [2.05, 4.69) is 19.1 Å². The SMILES string of the molecule is Cc1ccc(COc2ccc(C)c3c2CCC3)cc1CC(=O)O. The zero-order valence-electron chi connectivity index (χ0n) is 13.7.